The van der Waals surface area contributed by atoms with Crippen molar-refractivity contribution < 1.29 is 22.3 Å². The summed E-state index contributed by atoms with van der Waals surface area (Å²) < 4.78 is 46.1. The Labute approximate surface area is 161 Å². The molecule has 0 spiro atoms. The van der Waals surface area contributed by atoms with Crippen LogP contribution in [0.4, 0.5) is 10.1 Å². The van der Waals surface area contributed by atoms with Crippen molar-refractivity contribution in [3.63, 3.8) is 0 Å². The minimum atomic E-state index is -3.84. The Bertz CT molecular complexity index is 975. The van der Waals surface area contributed by atoms with Crippen LogP contribution in [0, 0.1) is 12.7 Å². The van der Waals surface area contributed by atoms with Gasteiger partial charge < -0.3 is 10.1 Å². The summed E-state index contributed by atoms with van der Waals surface area (Å²) in [6, 6.07) is 8.14. The first-order valence-corrected chi connectivity index (χ1v) is 10.1. The number of nitrogens with zero attached hydrogens (tertiary/aromatic N) is 1. The lowest BCUT2D eigenvalue weighted by Gasteiger charge is -2.26. The molecule has 2 aromatic rings. The van der Waals surface area contributed by atoms with Crippen LogP contribution in [0.15, 0.2) is 41.3 Å². The van der Waals surface area contributed by atoms with Crippen LogP contribution in [0.2, 0.25) is 5.02 Å². The molecule has 0 radical (unpaired) electrons. The standard InChI is InChI=1S/C18H18ClFN2O4S/c1-12-15(19)3-2-4-17(12)21-18(23)14-11-13(5-6-16(14)20)27(24,25)22-7-9-26-10-8-22/h2-6,11H,7-10H2,1H3,(H,21,23). The van der Waals surface area contributed by atoms with Gasteiger partial charge in [0.25, 0.3) is 5.91 Å². The molecule has 3 rings (SSSR count). The van der Waals surface area contributed by atoms with Gasteiger partial charge in [0.15, 0.2) is 0 Å². The summed E-state index contributed by atoms with van der Waals surface area (Å²) in [5, 5.41) is 3.03. The van der Waals surface area contributed by atoms with Crippen LogP contribution in [-0.2, 0) is 14.8 Å². The molecule has 1 heterocycles. The molecular formula is C18H18ClFN2O4S. The highest BCUT2D eigenvalue weighted by Gasteiger charge is 2.28. The summed E-state index contributed by atoms with van der Waals surface area (Å²) in [5.41, 5.74) is 0.696. The van der Waals surface area contributed by atoms with Gasteiger partial charge >= 0.3 is 0 Å². The van der Waals surface area contributed by atoms with Crippen LogP contribution >= 0.6 is 11.6 Å². The second-order valence-corrected chi connectivity index (χ2v) is 8.37. The Hall–Kier alpha value is -2.00. The van der Waals surface area contributed by atoms with Gasteiger partial charge in [-0.2, -0.15) is 4.31 Å². The molecule has 0 saturated carbocycles. The molecular weight excluding hydrogens is 395 g/mol. The zero-order valence-corrected chi connectivity index (χ0v) is 16.1. The van der Waals surface area contributed by atoms with Crippen LogP contribution in [0.1, 0.15) is 15.9 Å². The van der Waals surface area contributed by atoms with Crippen LogP contribution in [0.25, 0.3) is 0 Å². The molecule has 1 aliphatic rings. The van der Waals surface area contributed by atoms with Crippen molar-refractivity contribution in [1.29, 1.82) is 0 Å². The molecule has 0 aromatic heterocycles. The Morgan fingerprint density at radius 2 is 1.93 bits per heavy atom. The SMILES string of the molecule is Cc1c(Cl)cccc1NC(=O)c1cc(S(=O)(=O)N2CCOCC2)ccc1F. The highest BCUT2D eigenvalue weighted by Crippen LogP contribution is 2.25. The molecule has 1 N–H and O–H groups in total. The molecule has 1 saturated heterocycles. The number of sulfonamides is 1. The smallest absolute Gasteiger partial charge is 0.258 e. The molecule has 1 amide bonds. The minimum Gasteiger partial charge on any atom is -0.379 e. The van der Waals surface area contributed by atoms with E-state index in [0.29, 0.717) is 29.5 Å². The van der Waals surface area contributed by atoms with Crippen molar-refractivity contribution in [2.75, 3.05) is 31.6 Å². The Morgan fingerprint density at radius 1 is 1.22 bits per heavy atom. The normalized spacial score (nSPS) is 15.5. The fourth-order valence-corrected chi connectivity index (χ4v) is 4.32. The van der Waals surface area contributed by atoms with Gasteiger partial charge in [0.1, 0.15) is 5.82 Å². The fraction of sp³-hybridized carbons (Fsp3) is 0.278. The van der Waals surface area contributed by atoms with Gasteiger partial charge in [-0.05, 0) is 42.8 Å². The summed E-state index contributed by atoms with van der Waals surface area (Å²) in [4.78, 5) is 12.4. The molecule has 0 bridgehead atoms. The van der Waals surface area contributed by atoms with Gasteiger partial charge in [-0.1, -0.05) is 17.7 Å². The fourth-order valence-electron chi connectivity index (χ4n) is 2.71. The van der Waals surface area contributed by atoms with Crippen molar-refractivity contribution in [2.24, 2.45) is 0 Å². The topological polar surface area (TPSA) is 75.7 Å². The van der Waals surface area contributed by atoms with Gasteiger partial charge in [0.2, 0.25) is 10.0 Å². The van der Waals surface area contributed by atoms with Crippen molar-refractivity contribution in [3.8, 4) is 0 Å². The van der Waals surface area contributed by atoms with E-state index in [0.717, 1.165) is 18.2 Å². The number of hydrogen-bond acceptors (Lipinski definition) is 4. The highest BCUT2D eigenvalue weighted by atomic mass is 35.5. The van der Waals surface area contributed by atoms with Gasteiger partial charge in [-0.3, -0.25) is 4.79 Å². The third-order valence-corrected chi connectivity index (χ3v) is 6.61. The van der Waals surface area contributed by atoms with Crippen LogP contribution in [0.3, 0.4) is 0 Å². The number of hydrogen-bond donors (Lipinski definition) is 1. The molecule has 1 aliphatic heterocycles. The van der Waals surface area contributed by atoms with Crippen molar-refractivity contribution in [2.45, 2.75) is 11.8 Å². The maximum absolute atomic E-state index is 14.2. The average molecular weight is 413 g/mol. The molecule has 6 nitrogen and oxygen atoms in total. The van der Waals surface area contributed by atoms with E-state index in [4.69, 9.17) is 16.3 Å². The van der Waals surface area contributed by atoms with Crippen LogP contribution in [-0.4, -0.2) is 44.9 Å². The molecule has 0 aliphatic carbocycles. The van der Waals surface area contributed by atoms with Crippen LogP contribution in [0.5, 0.6) is 0 Å². The predicted molar refractivity (Wildman–Crippen MR) is 100 cm³/mol. The van der Waals surface area contributed by atoms with E-state index < -0.39 is 21.7 Å². The summed E-state index contributed by atoms with van der Waals surface area (Å²) in [6.07, 6.45) is 0. The van der Waals surface area contributed by atoms with Crippen LogP contribution < -0.4 is 5.32 Å². The van der Waals surface area contributed by atoms with Gasteiger partial charge in [0, 0.05) is 23.8 Å². The number of anilines is 1. The number of benzene rings is 2. The second-order valence-electron chi connectivity index (χ2n) is 6.02. The van der Waals surface area contributed by atoms with E-state index in [-0.39, 0.29) is 23.5 Å². The molecule has 0 unspecified atom stereocenters. The molecule has 27 heavy (non-hydrogen) atoms. The third kappa shape index (κ3) is 4.14. The largest absolute Gasteiger partial charge is 0.379 e. The zero-order valence-electron chi connectivity index (χ0n) is 14.5. The molecule has 2 aromatic carbocycles. The van der Waals surface area contributed by atoms with Crippen molar-refractivity contribution >= 4 is 33.2 Å². The number of carbonyl (C=O) groups is 1. The maximum Gasteiger partial charge on any atom is 0.258 e. The lowest BCUT2D eigenvalue weighted by atomic mass is 10.1. The van der Waals surface area contributed by atoms with Crippen molar-refractivity contribution in [3.05, 3.63) is 58.4 Å². The van der Waals surface area contributed by atoms with E-state index in [1.54, 1.807) is 25.1 Å². The van der Waals surface area contributed by atoms with Gasteiger partial charge in [-0.15, -0.1) is 0 Å². The maximum atomic E-state index is 14.2. The second kappa shape index (κ2) is 7.93. The average Bonchev–Trinajstić information content (AvgIpc) is 2.66. The third-order valence-electron chi connectivity index (χ3n) is 4.31. The lowest BCUT2D eigenvalue weighted by molar-refractivity contribution is 0.0730. The summed E-state index contributed by atoms with van der Waals surface area (Å²) in [5.74, 6) is -1.56. The van der Waals surface area contributed by atoms with E-state index in [1.807, 2.05) is 0 Å². The zero-order chi connectivity index (χ0) is 19.6. The van der Waals surface area contributed by atoms with E-state index in [1.165, 1.54) is 4.31 Å². The first-order chi connectivity index (χ1) is 12.8. The Kier molecular flexibility index (Phi) is 5.81. The monoisotopic (exact) mass is 412 g/mol. The van der Waals surface area contributed by atoms with Gasteiger partial charge in [0.05, 0.1) is 23.7 Å². The minimum absolute atomic E-state index is 0.140. The first-order valence-electron chi connectivity index (χ1n) is 8.24. The van der Waals surface area contributed by atoms with Gasteiger partial charge in [-0.25, -0.2) is 12.8 Å². The Balaban J connectivity index is 1.91. The number of rotatable bonds is 4. The van der Waals surface area contributed by atoms with E-state index in [2.05, 4.69) is 5.32 Å². The van der Waals surface area contributed by atoms with E-state index >= 15 is 0 Å². The lowest BCUT2D eigenvalue weighted by Crippen LogP contribution is -2.40. The molecule has 144 valence electrons. The quantitative estimate of drug-likeness (QED) is 0.837. The van der Waals surface area contributed by atoms with E-state index in [9.17, 15) is 17.6 Å². The molecule has 9 heteroatoms. The number of carbonyl (C=O) groups excluding carboxylic acids is 1. The number of nitrogens with one attached hydrogen (secondary N) is 1. The summed E-state index contributed by atoms with van der Waals surface area (Å²) in [6.45, 7) is 2.73. The molecule has 1 fully saturated rings. The first kappa shape index (κ1) is 19.8. The predicted octanol–water partition coefficient (Wildman–Crippen LogP) is 3.06. The highest BCUT2D eigenvalue weighted by molar-refractivity contribution is 7.89. The number of amides is 1. The number of ether oxygens (including phenoxy) is 1. The Morgan fingerprint density at radius 3 is 2.63 bits per heavy atom. The number of halogens is 2. The van der Waals surface area contributed by atoms with Crippen molar-refractivity contribution in [1.82, 2.24) is 4.31 Å². The number of morpholine rings is 1. The summed E-state index contributed by atoms with van der Waals surface area (Å²) >= 11 is 6.03. The summed E-state index contributed by atoms with van der Waals surface area (Å²) in [7, 11) is -3.84. The molecule has 0 atom stereocenters.